The number of nitrogens with zero attached hydrogens (tertiary/aromatic N) is 2. The van der Waals surface area contributed by atoms with Crippen LogP contribution in [0.25, 0.3) is 11.4 Å². The molecule has 0 N–H and O–H groups in total. The average molecular weight is 577 g/mol. The van der Waals surface area contributed by atoms with Gasteiger partial charge >= 0.3 is 0 Å². The van der Waals surface area contributed by atoms with Gasteiger partial charge in [-0.2, -0.15) is 0 Å². The third-order valence-corrected chi connectivity index (χ3v) is 9.15. The normalized spacial score (nSPS) is 11.4. The first-order valence-electron chi connectivity index (χ1n) is 18.7. The van der Waals surface area contributed by atoms with E-state index in [0.29, 0.717) is 0 Å². The highest BCUT2D eigenvalue weighted by atomic mass is 14.8. The Morgan fingerprint density at radius 1 is 0.381 bits per heavy atom. The summed E-state index contributed by atoms with van der Waals surface area (Å²) in [6.45, 7) is 6.91. The molecule has 2 aromatic rings. The second kappa shape index (κ2) is 25.8. The molecule has 0 saturated heterocycles. The molecule has 0 aliphatic rings. The standard InChI is InChI=1S/C40H68N2/c1-4-7-10-13-16-19-22-25-29-36-33-35-42-40(38(36)32-27-24-21-18-15-12-9-6-3)39-37(31-28-34-41-39)30-26-23-20-17-14-11-8-5-2/h28,31,33-35H,4-27,29-30,32H2,1-3H3. The fourth-order valence-electron chi connectivity index (χ4n) is 6.44. The molecule has 0 radical (unpaired) electrons. The van der Waals surface area contributed by atoms with Crippen LogP contribution in [0.3, 0.4) is 0 Å². The van der Waals surface area contributed by atoms with E-state index in [4.69, 9.17) is 9.97 Å². The second-order valence-corrected chi connectivity index (χ2v) is 13.0. The van der Waals surface area contributed by atoms with Crippen LogP contribution in [-0.2, 0) is 19.3 Å². The number of rotatable bonds is 28. The Kier molecular flexibility index (Phi) is 22.4. The molecule has 2 nitrogen and oxygen atoms in total. The maximum absolute atomic E-state index is 5.03. The van der Waals surface area contributed by atoms with Gasteiger partial charge in [-0.05, 0) is 67.3 Å². The fourth-order valence-corrected chi connectivity index (χ4v) is 6.44. The smallest absolute Gasteiger partial charge is 0.0923 e. The van der Waals surface area contributed by atoms with Crippen LogP contribution < -0.4 is 0 Å². The highest BCUT2D eigenvalue weighted by Crippen LogP contribution is 2.29. The van der Waals surface area contributed by atoms with Crippen molar-refractivity contribution in [2.45, 2.75) is 194 Å². The van der Waals surface area contributed by atoms with Crippen LogP contribution in [0.4, 0.5) is 0 Å². The van der Waals surface area contributed by atoms with E-state index in [9.17, 15) is 0 Å². The van der Waals surface area contributed by atoms with Crippen molar-refractivity contribution in [3.63, 3.8) is 0 Å². The summed E-state index contributed by atoms with van der Waals surface area (Å²) >= 11 is 0. The third kappa shape index (κ3) is 16.2. The second-order valence-electron chi connectivity index (χ2n) is 13.0. The summed E-state index contributed by atoms with van der Waals surface area (Å²) in [6, 6.07) is 6.77. The summed E-state index contributed by atoms with van der Waals surface area (Å²) in [5, 5.41) is 0. The summed E-state index contributed by atoms with van der Waals surface area (Å²) in [5.41, 5.74) is 6.79. The average Bonchev–Trinajstić information content (AvgIpc) is 3.01. The zero-order valence-electron chi connectivity index (χ0n) is 28.4. The Morgan fingerprint density at radius 2 is 0.786 bits per heavy atom. The molecule has 2 rings (SSSR count). The van der Waals surface area contributed by atoms with Crippen molar-refractivity contribution in [2.24, 2.45) is 0 Å². The number of pyridine rings is 2. The van der Waals surface area contributed by atoms with Crippen LogP contribution in [0.2, 0.25) is 0 Å². The molecule has 0 amide bonds. The van der Waals surface area contributed by atoms with Crippen molar-refractivity contribution in [2.75, 3.05) is 0 Å². The number of hydrogen-bond donors (Lipinski definition) is 0. The Labute approximate surface area is 262 Å². The molecule has 42 heavy (non-hydrogen) atoms. The Hall–Kier alpha value is -1.70. The van der Waals surface area contributed by atoms with Crippen molar-refractivity contribution in [1.82, 2.24) is 9.97 Å². The maximum atomic E-state index is 5.03. The molecule has 0 bridgehead atoms. The zero-order valence-corrected chi connectivity index (χ0v) is 28.4. The van der Waals surface area contributed by atoms with E-state index < -0.39 is 0 Å². The topological polar surface area (TPSA) is 25.8 Å². The quantitative estimate of drug-likeness (QED) is 0.0941. The Morgan fingerprint density at radius 3 is 1.29 bits per heavy atom. The van der Waals surface area contributed by atoms with Crippen LogP contribution in [0, 0.1) is 0 Å². The molecular weight excluding hydrogens is 508 g/mol. The summed E-state index contributed by atoms with van der Waals surface area (Å²) in [5.74, 6) is 0. The lowest BCUT2D eigenvalue weighted by Crippen LogP contribution is -2.04. The number of aromatic nitrogens is 2. The van der Waals surface area contributed by atoms with E-state index in [1.165, 1.54) is 183 Å². The Balaban J connectivity index is 2.01. The monoisotopic (exact) mass is 577 g/mol. The van der Waals surface area contributed by atoms with Crippen LogP contribution in [0.1, 0.15) is 192 Å². The number of hydrogen-bond acceptors (Lipinski definition) is 2. The lowest BCUT2D eigenvalue weighted by Gasteiger charge is -2.16. The molecule has 0 atom stereocenters. The maximum Gasteiger partial charge on any atom is 0.0923 e. The summed E-state index contributed by atoms with van der Waals surface area (Å²) < 4.78 is 0. The van der Waals surface area contributed by atoms with Gasteiger partial charge in [0.05, 0.1) is 11.4 Å². The van der Waals surface area contributed by atoms with Crippen molar-refractivity contribution < 1.29 is 0 Å². The Bertz CT molecular complexity index is 889. The number of aryl methyl sites for hydroxylation is 2. The van der Waals surface area contributed by atoms with E-state index >= 15 is 0 Å². The highest BCUT2D eigenvalue weighted by molar-refractivity contribution is 5.64. The SMILES string of the molecule is CCCCCCCCCCc1cccnc1-c1nccc(CCCCCCCCCC)c1CCCCCCCCCC. The van der Waals surface area contributed by atoms with Gasteiger partial charge in [-0.3, -0.25) is 9.97 Å². The van der Waals surface area contributed by atoms with Gasteiger partial charge in [-0.15, -0.1) is 0 Å². The van der Waals surface area contributed by atoms with E-state index in [1.54, 1.807) is 0 Å². The molecule has 0 spiro atoms. The van der Waals surface area contributed by atoms with Gasteiger partial charge in [-0.25, -0.2) is 0 Å². The molecule has 0 fully saturated rings. The predicted molar refractivity (Wildman–Crippen MR) is 186 cm³/mol. The first-order valence-corrected chi connectivity index (χ1v) is 18.7. The van der Waals surface area contributed by atoms with E-state index in [2.05, 4.69) is 45.2 Å². The fraction of sp³-hybridized carbons (Fsp3) is 0.750. The first-order chi connectivity index (χ1) is 20.8. The summed E-state index contributed by atoms with van der Waals surface area (Å²) in [7, 11) is 0. The van der Waals surface area contributed by atoms with Crippen molar-refractivity contribution >= 4 is 0 Å². The molecule has 2 heterocycles. The van der Waals surface area contributed by atoms with Gasteiger partial charge < -0.3 is 0 Å². The van der Waals surface area contributed by atoms with Crippen LogP contribution >= 0.6 is 0 Å². The van der Waals surface area contributed by atoms with Gasteiger partial charge in [-0.1, -0.05) is 162 Å². The third-order valence-electron chi connectivity index (χ3n) is 9.15. The van der Waals surface area contributed by atoms with Gasteiger partial charge in [0, 0.05) is 12.4 Å². The minimum absolute atomic E-state index is 1.12. The predicted octanol–water partition coefficient (Wildman–Crippen LogP) is 13.2. The van der Waals surface area contributed by atoms with Gasteiger partial charge in [0.25, 0.3) is 0 Å². The summed E-state index contributed by atoms with van der Waals surface area (Å²) in [6.07, 6.45) is 40.4. The largest absolute Gasteiger partial charge is 0.254 e. The van der Waals surface area contributed by atoms with Crippen molar-refractivity contribution in [1.29, 1.82) is 0 Å². The van der Waals surface area contributed by atoms with Crippen LogP contribution in [-0.4, -0.2) is 9.97 Å². The minimum atomic E-state index is 1.12. The van der Waals surface area contributed by atoms with Crippen molar-refractivity contribution in [3.8, 4) is 11.4 Å². The first kappa shape index (κ1) is 36.5. The minimum Gasteiger partial charge on any atom is -0.254 e. The van der Waals surface area contributed by atoms with Crippen LogP contribution in [0.15, 0.2) is 30.6 Å². The molecule has 238 valence electrons. The molecule has 0 aromatic carbocycles. The highest BCUT2D eigenvalue weighted by Gasteiger charge is 2.16. The molecule has 0 unspecified atom stereocenters. The van der Waals surface area contributed by atoms with E-state index in [-0.39, 0.29) is 0 Å². The van der Waals surface area contributed by atoms with Crippen LogP contribution in [0.5, 0.6) is 0 Å². The molecule has 2 heteroatoms. The van der Waals surface area contributed by atoms with Gasteiger partial charge in [0.2, 0.25) is 0 Å². The molecule has 0 aliphatic heterocycles. The van der Waals surface area contributed by atoms with E-state index in [0.717, 1.165) is 18.5 Å². The summed E-state index contributed by atoms with van der Waals surface area (Å²) in [4.78, 5) is 10.00. The van der Waals surface area contributed by atoms with Gasteiger partial charge in [0.15, 0.2) is 0 Å². The zero-order chi connectivity index (χ0) is 29.9. The van der Waals surface area contributed by atoms with E-state index in [1.807, 2.05) is 6.20 Å². The molecule has 0 saturated carbocycles. The lowest BCUT2D eigenvalue weighted by molar-refractivity contribution is 0.570. The molecule has 0 aliphatic carbocycles. The molecule has 2 aromatic heterocycles. The van der Waals surface area contributed by atoms with Crippen molar-refractivity contribution in [3.05, 3.63) is 47.3 Å². The number of unbranched alkanes of at least 4 members (excludes halogenated alkanes) is 21. The lowest BCUT2D eigenvalue weighted by atomic mass is 9.92. The molecular formula is C40H68N2. The van der Waals surface area contributed by atoms with Gasteiger partial charge in [0.1, 0.15) is 0 Å².